The van der Waals surface area contributed by atoms with Gasteiger partial charge in [0.15, 0.2) is 0 Å². The van der Waals surface area contributed by atoms with Crippen LogP contribution in [0.3, 0.4) is 0 Å². The van der Waals surface area contributed by atoms with E-state index in [-0.39, 0.29) is 0 Å². The van der Waals surface area contributed by atoms with Crippen molar-refractivity contribution < 1.29 is 4.74 Å². The van der Waals surface area contributed by atoms with Gasteiger partial charge in [0.2, 0.25) is 0 Å². The second kappa shape index (κ2) is 10.1. The number of rotatable bonds is 8. The first-order valence-corrected chi connectivity index (χ1v) is 11.1. The zero-order valence-electron chi connectivity index (χ0n) is 16.5. The van der Waals surface area contributed by atoms with Crippen molar-refractivity contribution >= 4 is 15.9 Å². The highest BCUT2D eigenvalue weighted by molar-refractivity contribution is 9.09. The third-order valence-electron chi connectivity index (χ3n) is 4.76. The lowest BCUT2D eigenvalue weighted by Gasteiger charge is -2.11. The van der Waals surface area contributed by atoms with Crippen LogP contribution in [-0.2, 0) is 0 Å². The van der Waals surface area contributed by atoms with Gasteiger partial charge in [-0.2, -0.15) is 0 Å². The van der Waals surface area contributed by atoms with Crippen molar-refractivity contribution in [2.24, 2.45) is 0 Å². The van der Waals surface area contributed by atoms with Crippen molar-refractivity contribution in [2.75, 3.05) is 11.9 Å². The Labute approximate surface area is 185 Å². The monoisotopic (exact) mass is 459 g/mol. The standard InChI is InChI=1S/C25H22BrN3O/c26-11-1-2-16-30-23-5-3-19(4-6-23)22-17-24(20-7-12-27-13-8-20)29-25(18-22)21-9-14-28-15-10-21/h3-10,12-15,17-18H,1-2,11,16H2. The van der Waals surface area contributed by atoms with E-state index in [2.05, 4.69) is 50.2 Å². The molecule has 5 heteroatoms. The van der Waals surface area contributed by atoms with Gasteiger partial charge in [-0.1, -0.05) is 28.1 Å². The Morgan fingerprint density at radius 2 is 1.20 bits per heavy atom. The minimum atomic E-state index is 0.735. The normalized spacial score (nSPS) is 10.7. The zero-order chi connectivity index (χ0) is 20.6. The van der Waals surface area contributed by atoms with Gasteiger partial charge >= 0.3 is 0 Å². The number of hydrogen-bond donors (Lipinski definition) is 0. The average Bonchev–Trinajstić information content (AvgIpc) is 2.83. The summed E-state index contributed by atoms with van der Waals surface area (Å²) in [6.45, 7) is 0.735. The number of ether oxygens (including phenoxy) is 1. The number of pyridine rings is 3. The number of hydrogen-bond acceptors (Lipinski definition) is 4. The molecule has 0 aliphatic carbocycles. The lowest BCUT2D eigenvalue weighted by atomic mass is 10.0. The number of aromatic nitrogens is 3. The molecule has 1 aromatic carbocycles. The Morgan fingerprint density at radius 3 is 1.73 bits per heavy atom. The highest BCUT2D eigenvalue weighted by atomic mass is 79.9. The summed E-state index contributed by atoms with van der Waals surface area (Å²) >= 11 is 3.45. The molecule has 0 fully saturated rings. The molecule has 0 aliphatic heterocycles. The van der Waals surface area contributed by atoms with Crippen LogP contribution in [0, 0.1) is 0 Å². The molecule has 4 aromatic rings. The summed E-state index contributed by atoms with van der Waals surface area (Å²) in [7, 11) is 0. The first kappa shape index (κ1) is 20.2. The van der Waals surface area contributed by atoms with Gasteiger partial charge in [-0.15, -0.1) is 0 Å². The van der Waals surface area contributed by atoms with Crippen molar-refractivity contribution in [1.82, 2.24) is 15.0 Å². The molecule has 0 aliphatic rings. The van der Waals surface area contributed by atoms with E-state index in [4.69, 9.17) is 9.72 Å². The summed E-state index contributed by atoms with van der Waals surface area (Å²) in [5.74, 6) is 0.895. The van der Waals surface area contributed by atoms with Crippen LogP contribution in [0.1, 0.15) is 12.8 Å². The minimum Gasteiger partial charge on any atom is -0.494 e. The van der Waals surface area contributed by atoms with Crippen LogP contribution in [0.4, 0.5) is 0 Å². The topological polar surface area (TPSA) is 47.9 Å². The van der Waals surface area contributed by atoms with E-state index in [1.807, 2.05) is 36.4 Å². The summed E-state index contributed by atoms with van der Waals surface area (Å²) in [5.41, 5.74) is 6.13. The van der Waals surface area contributed by atoms with Gasteiger partial charge in [0.1, 0.15) is 5.75 Å². The summed E-state index contributed by atoms with van der Waals surface area (Å²) in [5, 5.41) is 1.01. The molecule has 0 bridgehead atoms. The Hall–Kier alpha value is -3.05. The molecule has 0 spiro atoms. The molecule has 0 saturated carbocycles. The van der Waals surface area contributed by atoms with Crippen LogP contribution in [0.2, 0.25) is 0 Å². The van der Waals surface area contributed by atoms with Crippen LogP contribution in [0.15, 0.2) is 85.5 Å². The molecular weight excluding hydrogens is 438 g/mol. The number of halogens is 1. The van der Waals surface area contributed by atoms with E-state index < -0.39 is 0 Å². The predicted molar refractivity (Wildman–Crippen MR) is 125 cm³/mol. The second-order valence-corrected chi connectivity index (χ2v) is 7.66. The molecule has 0 saturated heterocycles. The van der Waals surface area contributed by atoms with Gasteiger partial charge in [0.05, 0.1) is 18.0 Å². The molecule has 4 rings (SSSR count). The third-order valence-corrected chi connectivity index (χ3v) is 5.32. The fourth-order valence-corrected chi connectivity index (χ4v) is 3.57. The molecule has 0 N–H and O–H groups in total. The van der Waals surface area contributed by atoms with Gasteiger partial charge < -0.3 is 4.74 Å². The highest BCUT2D eigenvalue weighted by Crippen LogP contribution is 2.30. The number of nitrogens with zero attached hydrogens (tertiary/aromatic N) is 3. The highest BCUT2D eigenvalue weighted by Gasteiger charge is 2.09. The quantitative estimate of drug-likeness (QED) is 0.225. The van der Waals surface area contributed by atoms with Crippen molar-refractivity contribution in [1.29, 1.82) is 0 Å². The number of unbranched alkanes of at least 4 members (excludes halogenated alkanes) is 1. The van der Waals surface area contributed by atoms with Crippen LogP contribution >= 0.6 is 15.9 Å². The summed E-state index contributed by atoms with van der Waals surface area (Å²) < 4.78 is 5.84. The molecule has 4 nitrogen and oxygen atoms in total. The van der Waals surface area contributed by atoms with E-state index >= 15 is 0 Å². The summed E-state index contributed by atoms with van der Waals surface area (Å²) in [6, 6.07) is 20.4. The fraction of sp³-hybridized carbons (Fsp3) is 0.160. The number of benzene rings is 1. The van der Waals surface area contributed by atoms with Crippen molar-refractivity contribution in [3.8, 4) is 39.4 Å². The molecule has 150 valence electrons. The maximum Gasteiger partial charge on any atom is 0.119 e. The first-order valence-electron chi connectivity index (χ1n) is 9.95. The van der Waals surface area contributed by atoms with Crippen LogP contribution in [0.25, 0.3) is 33.6 Å². The Morgan fingerprint density at radius 1 is 0.633 bits per heavy atom. The van der Waals surface area contributed by atoms with Crippen molar-refractivity contribution in [3.05, 3.63) is 85.5 Å². The van der Waals surface area contributed by atoms with Gasteiger partial charge in [-0.05, 0) is 72.5 Å². The molecule has 0 atom stereocenters. The van der Waals surface area contributed by atoms with E-state index in [0.717, 1.165) is 64.2 Å². The zero-order valence-corrected chi connectivity index (χ0v) is 18.1. The van der Waals surface area contributed by atoms with Gasteiger partial charge in [0.25, 0.3) is 0 Å². The lowest BCUT2D eigenvalue weighted by Crippen LogP contribution is -1.97. The SMILES string of the molecule is BrCCCCOc1ccc(-c2cc(-c3ccncc3)nc(-c3ccncc3)c2)cc1. The van der Waals surface area contributed by atoms with Gasteiger partial charge in [0, 0.05) is 41.2 Å². The van der Waals surface area contributed by atoms with Gasteiger partial charge in [-0.25, -0.2) is 4.98 Å². The van der Waals surface area contributed by atoms with E-state index in [0.29, 0.717) is 0 Å². The smallest absolute Gasteiger partial charge is 0.119 e. The van der Waals surface area contributed by atoms with E-state index in [1.54, 1.807) is 24.8 Å². The summed E-state index contributed by atoms with van der Waals surface area (Å²) in [4.78, 5) is 13.1. The predicted octanol–water partition coefficient (Wildman–Crippen LogP) is 6.43. The minimum absolute atomic E-state index is 0.735. The van der Waals surface area contributed by atoms with E-state index in [1.165, 1.54) is 0 Å². The van der Waals surface area contributed by atoms with Crippen LogP contribution in [-0.4, -0.2) is 26.9 Å². The Kier molecular flexibility index (Phi) is 6.83. The van der Waals surface area contributed by atoms with Crippen LogP contribution < -0.4 is 4.74 Å². The first-order chi connectivity index (χ1) is 14.8. The Balaban J connectivity index is 1.67. The largest absolute Gasteiger partial charge is 0.494 e. The van der Waals surface area contributed by atoms with Gasteiger partial charge in [-0.3, -0.25) is 9.97 Å². The summed E-state index contributed by atoms with van der Waals surface area (Å²) in [6.07, 6.45) is 9.32. The fourth-order valence-electron chi connectivity index (χ4n) is 3.17. The molecule has 30 heavy (non-hydrogen) atoms. The number of alkyl halides is 1. The average molecular weight is 460 g/mol. The van der Waals surface area contributed by atoms with E-state index in [9.17, 15) is 0 Å². The lowest BCUT2D eigenvalue weighted by molar-refractivity contribution is 0.310. The molecule has 3 heterocycles. The molecule has 0 radical (unpaired) electrons. The molecule has 0 amide bonds. The molecular formula is C25H22BrN3O. The Bertz CT molecular complexity index is 1010. The second-order valence-electron chi connectivity index (χ2n) is 6.87. The van der Waals surface area contributed by atoms with Crippen molar-refractivity contribution in [3.63, 3.8) is 0 Å². The molecule has 3 aromatic heterocycles. The van der Waals surface area contributed by atoms with Crippen molar-refractivity contribution in [2.45, 2.75) is 12.8 Å². The molecule has 0 unspecified atom stereocenters. The maximum atomic E-state index is 5.84. The maximum absolute atomic E-state index is 5.84. The van der Waals surface area contributed by atoms with Crippen LogP contribution in [0.5, 0.6) is 5.75 Å². The third kappa shape index (κ3) is 5.10.